The van der Waals surface area contributed by atoms with Crippen molar-refractivity contribution in [3.05, 3.63) is 65.9 Å². The Balaban J connectivity index is 1.31. The van der Waals surface area contributed by atoms with Gasteiger partial charge in [-0.1, -0.05) is 6.92 Å². The van der Waals surface area contributed by atoms with Crippen LogP contribution in [0.15, 0.2) is 48.7 Å². The van der Waals surface area contributed by atoms with Gasteiger partial charge in [0.15, 0.2) is 0 Å². The van der Waals surface area contributed by atoms with E-state index in [0.29, 0.717) is 17.8 Å². The third kappa shape index (κ3) is 3.97. The number of fused-ring (bicyclic) bond motifs is 2. The zero-order valence-electron chi connectivity index (χ0n) is 18.4. The van der Waals surface area contributed by atoms with Crippen molar-refractivity contribution in [1.82, 2.24) is 15.0 Å². The summed E-state index contributed by atoms with van der Waals surface area (Å²) in [6.45, 7) is 3.75. The zero-order valence-corrected chi connectivity index (χ0v) is 18.4. The monoisotopic (exact) mass is 430 g/mol. The molecule has 5 nitrogen and oxygen atoms in total. The number of anilines is 1. The zero-order chi connectivity index (χ0) is 22.2. The number of benzene rings is 2. The van der Waals surface area contributed by atoms with Gasteiger partial charge in [-0.15, -0.1) is 0 Å². The highest BCUT2D eigenvalue weighted by atomic mass is 19.1. The SMILES string of the molecule is CC(=O)Nc1ccc2nc([C@@H](C)C3CCC(c4ccnc5ccc(F)cc45)CC3)[nH]c2c1. The molecule has 4 aromatic rings. The minimum atomic E-state index is -0.208. The number of aromatic amines is 1. The second-order valence-electron chi connectivity index (χ2n) is 9.00. The first-order valence-corrected chi connectivity index (χ1v) is 11.3. The molecule has 1 saturated carbocycles. The molecule has 6 heteroatoms. The Morgan fingerprint density at radius 3 is 2.66 bits per heavy atom. The molecule has 1 fully saturated rings. The predicted octanol–water partition coefficient (Wildman–Crippen LogP) is 6.29. The molecule has 2 N–H and O–H groups in total. The van der Waals surface area contributed by atoms with Crippen molar-refractivity contribution in [1.29, 1.82) is 0 Å². The van der Waals surface area contributed by atoms with Crippen molar-refractivity contribution < 1.29 is 9.18 Å². The number of nitrogens with one attached hydrogen (secondary N) is 2. The smallest absolute Gasteiger partial charge is 0.221 e. The molecular formula is C26H27FN4O. The third-order valence-electron chi connectivity index (χ3n) is 6.91. The van der Waals surface area contributed by atoms with Crippen molar-refractivity contribution in [2.75, 3.05) is 5.32 Å². The summed E-state index contributed by atoms with van der Waals surface area (Å²) in [6.07, 6.45) is 6.22. The Bertz CT molecular complexity index is 1290. The molecule has 0 unspecified atom stereocenters. The van der Waals surface area contributed by atoms with Gasteiger partial charge in [0, 0.05) is 30.1 Å². The lowest BCUT2D eigenvalue weighted by molar-refractivity contribution is -0.114. The maximum Gasteiger partial charge on any atom is 0.221 e. The summed E-state index contributed by atoms with van der Waals surface area (Å²) in [4.78, 5) is 24.0. The van der Waals surface area contributed by atoms with Crippen LogP contribution in [-0.4, -0.2) is 20.9 Å². The van der Waals surface area contributed by atoms with Gasteiger partial charge >= 0.3 is 0 Å². The number of carbonyl (C=O) groups excluding carboxylic acids is 1. The van der Waals surface area contributed by atoms with Crippen LogP contribution in [0.25, 0.3) is 21.9 Å². The lowest BCUT2D eigenvalue weighted by atomic mass is 9.73. The number of H-pyrrole nitrogens is 1. The van der Waals surface area contributed by atoms with Gasteiger partial charge in [-0.25, -0.2) is 9.37 Å². The Kier molecular flexibility index (Phi) is 5.37. The first-order valence-electron chi connectivity index (χ1n) is 11.3. The molecule has 1 aliphatic carbocycles. The molecule has 0 bridgehead atoms. The second-order valence-corrected chi connectivity index (χ2v) is 9.00. The molecule has 1 amide bonds. The second kappa shape index (κ2) is 8.34. The fourth-order valence-electron chi connectivity index (χ4n) is 5.18. The molecule has 0 spiro atoms. The van der Waals surface area contributed by atoms with Crippen LogP contribution in [0.5, 0.6) is 0 Å². The summed E-state index contributed by atoms with van der Waals surface area (Å²) in [5, 5.41) is 3.76. The highest BCUT2D eigenvalue weighted by Gasteiger charge is 2.29. The van der Waals surface area contributed by atoms with E-state index in [9.17, 15) is 9.18 Å². The van der Waals surface area contributed by atoms with Gasteiger partial charge in [0.2, 0.25) is 5.91 Å². The Morgan fingerprint density at radius 2 is 1.88 bits per heavy atom. The molecular weight excluding hydrogens is 403 g/mol. The van der Waals surface area contributed by atoms with Gasteiger partial charge in [0.25, 0.3) is 0 Å². The Morgan fingerprint density at radius 1 is 1.09 bits per heavy atom. The maximum absolute atomic E-state index is 13.9. The number of imidazole rings is 1. The van der Waals surface area contributed by atoms with E-state index in [1.54, 1.807) is 12.1 Å². The number of rotatable bonds is 4. The lowest BCUT2D eigenvalue weighted by Gasteiger charge is -2.32. The molecule has 0 aliphatic heterocycles. The minimum absolute atomic E-state index is 0.0843. The van der Waals surface area contributed by atoms with Crippen LogP contribution in [0.2, 0.25) is 0 Å². The number of carbonyl (C=O) groups is 1. The topological polar surface area (TPSA) is 70.7 Å². The van der Waals surface area contributed by atoms with E-state index in [1.165, 1.54) is 18.6 Å². The van der Waals surface area contributed by atoms with Gasteiger partial charge in [-0.2, -0.15) is 0 Å². The standard InChI is InChI=1S/C26H27FN4O/c1-15(26-30-24-10-8-20(29-16(2)32)14-25(24)31-26)17-3-5-18(6-4-17)21-11-12-28-23-9-7-19(27)13-22(21)23/h7-15,17-18H,3-6H2,1-2H3,(H,29,32)(H,30,31)/t15-,17?,18?/m0/s1. The van der Waals surface area contributed by atoms with E-state index in [0.717, 1.165) is 59.1 Å². The van der Waals surface area contributed by atoms with Crippen molar-refractivity contribution in [2.45, 2.75) is 51.4 Å². The molecule has 1 aliphatic rings. The van der Waals surface area contributed by atoms with Gasteiger partial charge in [-0.05, 0) is 85.5 Å². The molecule has 1 atom stereocenters. The first kappa shape index (κ1) is 20.6. The molecule has 2 heterocycles. The van der Waals surface area contributed by atoms with E-state index < -0.39 is 0 Å². The van der Waals surface area contributed by atoms with Gasteiger partial charge in [-0.3, -0.25) is 9.78 Å². The average molecular weight is 431 g/mol. The van der Waals surface area contributed by atoms with Crippen LogP contribution in [0.1, 0.15) is 62.8 Å². The van der Waals surface area contributed by atoms with Crippen LogP contribution in [-0.2, 0) is 4.79 Å². The van der Waals surface area contributed by atoms with Crippen LogP contribution in [0.3, 0.4) is 0 Å². The normalized spacial score (nSPS) is 19.8. The lowest BCUT2D eigenvalue weighted by Crippen LogP contribution is -2.19. The van der Waals surface area contributed by atoms with Crippen molar-refractivity contribution in [3.63, 3.8) is 0 Å². The van der Waals surface area contributed by atoms with Crippen LogP contribution in [0, 0.1) is 11.7 Å². The fourth-order valence-corrected chi connectivity index (χ4v) is 5.18. The number of hydrogen-bond acceptors (Lipinski definition) is 3. The van der Waals surface area contributed by atoms with Crippen molar-refractivity contribution >= 4 is 33.5 Å². The number of amides is 1. The average Bonchev–Trinajstić information content (AvgIpc) is 3.21. The van der Waals surface area contributed by atoms with E-state index >= 15 is 0 Å². The predicted molar refractivity (Wildman–Crippen MR) is 125 cm³/mol. The highest BCUT2D eigenvalue weighted by Crippen LogP contribution is 2.43. The van der Waals surface area contributed by atoms with E-state index in [-0.39, 0.29) is 11.7 Å². The highest BCUT2D eigenvalue weighted by molar-refractivity contribution is 5.91. The minimum Gasteiger partial charge on any atom is -0.342 e. The molecule has 164 valence electrons. The van der Waals surface area contributed by atoms with Crippen LogP contribution < -0.4 is 5.32 Å². The number of halogens is 1. The molecule has 0 saturated heterocycles. The fraction of sp³-hybridized carbons (Fsp3) is 0.346. The van der Waals surface area contributed by atoms with E-state index in [1.807, 2.05) is 24.4 Å². The molecule has 2 aromatic carbocycles. The number of hydrogen-bond donors (Lipinski definition) is 2. The number of nitrogens with zero attached hydrogens (tertiary/aromatic N) is 2. The number of pyridine rings is 1. The number of aromatic nitrogens is 3. The summed E-state index contributed by atoms with van der Waals surface area (Å²) < 4.78 is 13.9. The van der Waals surface area contributed by atoms with Gasteiger partial charge in [0.1, 0.15) is 11.6 Å². The molecule has 32 heavy (non-hydrogen) atoms. The largest absolute Gasteiger partial charge is 0.342 e. The molecule has 2 aromatic heterocycles. The summed E-state index contributed by atoms with van der Waals surface area (Å²) in [5.41, 5.74) is 4.71. The first-order chi connectivity index (χ1) is 15.5. The van der Waals surface area contributed by atoms with Gasteiger partial charge in [0.05, 0.1) is 16.6 Å². The molecule has 5 rings (SSSR count). The summed E-state index contributed by atoms with van der Waals surface area (Å²) >= 11 is 0. The summed E-state index contributed by atoms with van der Waals surface area (Å²) in [7, 11) is 0. The van der Waals surface area contributed by atoms with E-state index in [4.69, 9.17) is 4.98 Å². The summed E-state index contributed by atoms with van der Waals surface area (Å²) in [5.74, 6) is 2.01. The maximum atomic E-state index is 13.9. The van der Waals surface area contributed by atoms with Crippen molar-refractivity contribution in [2.24, 2.45) is 5.92 Å². The Labute approximate surface area is 186 Å². The van der Waals surface area contributed by atoms with Gasteiger partial charge < -0.3 is 10.3 Å². The van der Waals surface area contributed by atoms with Crippen LogP contribution >= 0.6 is 0 Å². The quantitative estimate of drug-likeness (QED) is 0.400. The molecule has 0 radical (unpaired) electrons. The van der Waals surface area contributed by atoms with E-state index in [2.05, 4.69) is 28.3 Å². The Hall–Kier alpha value is -3.28. The van der Waals surface area contributed by atoms with Crippen LogP contribution in [0.4, 0.5) is 10.1 Å². The van der Waals surface area contributed by atoms with Crippen molar-refractivity contribution in [3.8, 4) is 0 Å². The summed E-state index contributed by atoms with van der Waals surface area (Å²) in [6, 6.07) is 12.7. The third-order valence-corrected chi connectivity index (χ3v) is 6.91.